The highest BCUT2D eigenvalue weighted by Gasteiger charge is 2.13. The molecule has 1 aliphatic rings. The highest BCUT2D eigenvalue weighted by Crippen LogP contribution is 2.17. The summed E-state index contributed by atoms with van der Waals surface area (Å²) in [6.45, 7) is 0.817. The van der Waals surface area contributed by atoms with Crippen molar-refractivity contribution in [3.63, 3.8) is 0 Å². The Morgan fingerprint density at radius 1 is 1.11 bits per heavy atom. The molecule has 0 atom stereocenters. The molecule has 1 aromatic carbocycles. The quantitative estimate of drug-likeness (QED) is 0.914. The zero-order chi connectivity index (χ0) is 12.9. The van der Waals surface area contributed by atoms with Gasteiger partial charge in [0.1, 0.15) is 0 Å². The van der Waals surface area contributed by atoms with E-state index in [4.69, 9.17) is 0 Å². The van der Waals surface area contributed by atoms with Crippen LogP contribution in [0.1, 0.15) is 37.8 Å². The Balaban J connectivity index is 1.59. The Labute approximate surface area is 113 Å². The topological polar surface area (TPSA) is 42.7 Å². The molecule has 100 valence electrons. The fourth-order valence-corrected chi connectivity index (χ4v) is 2.62. The number of aromatic nitrogens is 3. The molecule has 0 spiro atoms. The summed E-state index contributed by atoms with van der Waals surface area (Å²) in [7, 11) is 0. The normalized spacial score (nSPS) is 16.6. The van der Waals surface area contributed by atoms with E-state index < -0.39 is 0 Å². The smallest absolute Gasteiger partial charge is 0.0969 e. The fraction of sp³-hybridized carbons (Fsp3) is 0.467. The second-order valence-corrected chi connectivity index (χ2v) is 5.18. The molecule has 2 aromatic rings. The van der Waals surface area contributed by atoms with Crippen LogP contribution in [0.15, 0.2) is 36.5 Å². The van der Waals surface area contributed by atoms with Gasteiger partial charge >= 0.3 is 0 Å². The van der Waals surface area contributed by atoms with Crippen molar-refractivity contribution in [2.24, 2.45) is 0 Å². The van der Waals surface area contributed by atoms with Crippen molar-refractivity contribution < 1.29 is 0 Å². The predicted molar refractivity (Wildman–Crippen MR) is 75.1 cm³/mol. The molecular formula is C15H20N4. The lowest BCUT2D eigenvalue weighted by atomic mass is 9.95. The van der Waals surface area contributed by atoms with Crippen LogP contribution in [0, 0.1) is 0 Å². The Morgan fingerprint density at radius 3 is 2.68 bits per heavy atom. The van der Waals surface area contributed by atoms with Crippen molar-refractivity contribution in [3.8, 4) is 5.69 Å². The van der Waals surface area contributed by atoms with Gasteiger partial charge in [-0.25, -0.2) is 0 Å². The van der Waals surface area contributed by atoms with Gasteiger partial charge in [0, 0.05) is 12.6 Å². The first-order valence-electron chi connectivity index (χ1n) is 7.12. The minimum atomic E-state index is 0.663. The molecule has 1 aromatic heterocycles. The van der Waals surface area contributed by atoms with E-state index in [0.717, 1.165) is 17.9 Å². The molecule has 1 fully saturated rings. The predicted octanol–water partition coefficient (Wildman–Crippen LogP) is 2.69. The highest BCUT2D eigenvalue weighted by atomic mass is 15.5. The van der Waals surface area contributed by atoms with Gasteiger partial charge in [0.2, 0.25) is 0 Å². The molecule has 4 heteroatoms. The highest BCUT2D eigenvalue weighted by molar-refractivity contribution is 5.28. The third-order valence-corrected chi connectivity index (χ3v) is 3.70. The largest absolute Gasteiger partial charge is 0.308 e. The van der Waals surface area contributed by atoms with Crippen LogP contribution in [-0.4, -0.2) is 21.0 Å². The molecule has 4 nitrogen and oxygen atoms in total. The van der Waals surface area contributed by atoms with Crippen molar-refractivity contribution in [3.05, 3.63) is 42.2 Å². The maximum atomic E-state index is 4.51. The molecule has 0 aliphatic heterocycles. The first-order chi connectivity index (χ1) is 9.42. The molecule has 0 unspecified atom stereocenters. The van der Waals surface area contributed by atoms with Gasteiger partial charge < -0.3 is 5.32 Å². The van der Waals surface area contributed by atoms with E-state index in [1.807, 2.05) is 36.5 Å². The Morgan fingerprint density at radius 2 is 1.89 bits per heavy atom. The Bertz CT molecular complexity index is 500. The van der Waals surface area contributed by atoms with Crippen molar-refractivity contribution >= 4 is 0 Å². The summed E-state index contributed by atoms with van der Waals surface area (Å²) in [6.07, 6.45) is 8.55. The van der Waals surface area contributed by atoms with E-state index >= 15 is 0 Å². The monoisotopic (exact) mass is 256 g/mol. The molecule has 0 amide bonds. The third kappa shape index (κ3) is 3.20. The van der Waals surface area contributed by atoms with Gasteiger partial charge in [-0.05, 0) is 25.0 Å². The molecule has 1 aliphatic carbocycles. The number of para-hydroxylation sites is 1. The summed E-state index contributed by atoms with van der Waals surface area (Å²) in [5.41, 5.74) is 2.01. The number of nitrogens with zero attached hydrogens (tertiary/aromatic N) is 3. The molecule has 0 saturated heterocycles. The van der Waals surface area contributed by atoms with Gasteiger partial charge in [0.25, 0.3) is 0 Å². The standard InChI is InChI=1S/C15H20N4/c1-3-7-13(8-4-1)16-11-14-12-17-19(18-14)15-9-5-2-6-10-15/h2,5-6,9-10,12-13,16H,1,3-4,7-8,11H2. The summed E-state index contributed by atoms with van der Waals surface area (Å²) < 4.78 is 0. The minimum Gasteiger partial charge on any atom is -0.308 e. The Kier molecular flexibility index (Phi) is 3.89. The maximum Gasteiger partial charge on any atom is 0.0969 e. The molecule has 0 radical (unpaired) electrons. The zero-order valence-corrected chi connectivity index (χ0v) is 11.1. The molecular weight excluding hydrogens is 236 g/mol. The lowest BCUT2D eigenvalue weighted by Crippen LogP contribution is -2.30. The molecule has 3 rings (SSSR count). The van der Waals surface area contributed by atoms with Gasteiger partial charge in [-0.15, -0.1) is 0 Å². The number of benzene rings is 1. The van der Waals surface area contributed by atoms with Crippen molar-refractivity contribution in [2.75, 3.05) is 0 Å². The van der Waals surface area contributed by atoms with Crippen molar-refractivity contribution in [1.29, 1.82) is 0 Å². The van der Waals surface area contributed by atoms with Crippen molar-refractivity contribution in [1.82, 2.24) is 20.3 Å². The summed E-state index contributed by atoms with van der Waals surface area (Å²) >= 11 is 0. The Hall–Kier alpha value is -1.68. The second-order valence-electron chi connectivity index (χ2n) is 5.18. The van der Waals surface area contributed by atoms with Crippen LogP contribution in [-0.2, 0) is 6.54 Å². The van der Waals surface area contributed by atoms with Gasteiger partial charge in [-0.3, -0.25) is 0 Å². The number of hydrogen-bond acceptors (Lipinski definition) is 3. The lowest BCUT2D eigenvalue weighted by Gasteiger charge is -2.22. The van der Waals surface area contributed by atoms with Gasteiger partial charge in [-0.2, -0.15) is 15.0 Å². The summed E-state index contributed by atoms with van der Waals surface area (Å²) in [5.74, 6) is 0. The average molecular weight is 256 g/mol. The lowest BCUT2D eigenvalue weighted by molar-refractivity contribution is 0.370. The van der Waals surface area contributed by atoms with E-state index in [1.165, 1.54) is 32.1 Å². The molecule has 19 heavy (non-hydrogen) atoms. The van der Waals surface area contributed by atoms with Crippen LogP contribution >= 0.6 is 0 Å². The number of rotatable bonds is 4. The van der Waals surface area contributed by atoms with E-state index in [0.29, 0.717) is 6.04 Å². The van der Waals surface area contributed by atoms with E-state index in [2.05, 4.69) is 15.5 Å². The maximum absolute atomic E-state index is 4.51. The SMILES string of the molecule is c1ccc(-n2ncc(CNC3CCCCC3)n2)cc1. The van der Waals surface area contributed by atoms with E-state index in [-0.39, 0.29) is 0 Å². The van der Waals surface area contributed by atoms with Crippen LogP contribution in [0.25, 0.3) is 5.69 Å². The fourth-order valence-electron chi connectivity index (χ4n) is 2.62. The second kappa shape index (κ2) is 5.97. The van der Waals surface area contributed by atoms with Crippen LogP contribution in [0.3, 0.4) is 0 Å². The average Bonchev–Trinajstić information content (AvgIpc) is 2.96. The first-order valence-corrected chi connectivity index (χ1v) is 7.12. The molecule has 0 bridgehead atoms. The molecule has 1 saturated carbocycles. The first kappa shape index (κ1) is 12.4. The molecule has 1 heterocycles. The molecule has 1 N–H and O–H groups in total. The zero-order valence-electron chi connectivity index (χ0n) is 11.1. The van der Waals surface area contributed by atoms with Crippen LogP contribution in [0.5, 0.6) is 0 Å². The van der Waals surface area contributed by atoms with Gasteiger partial charge in [-0.1, -0.05) is 37.5 Å². The van der Waals surface area contributed by atoms with Crippen LogP contribution in [0.2, 0.25) is 0 Å². The van der Waals surface area contributed by atoms with Crippen LogP contribution in [0.4, 0.5) is 0 Å². The minimum absolute atomic E-state index is 0.663. The van der Waals surface area contributed by atoms with E-state index in [9.17, 15) is 0 Å². The summed E-state index contributed by atoms with van der Waals surface area (Å²) in [5, 5.41) is 12.4. The summed E-state index contributed by atoms with van der Waals surface area (Å²) in [6, 6.07) is 10.7. The van der Waals surface area contributed by atoms with E-state index in [1.54, 1.807) is 4.80 Å². The number of nitrogens with one attached hydrogen (secondary N) is 1. The summed E-state index contributed by atoms with van der Waals surface area (Å²) in [4.78, 5) is 1.69. The van der Waals surface area contributed by atoms with Crippen molar-refractivity contribution in [2.45, 2.75) is 44.7 Å². The van der Waals surface area contributed by atoms with Gasteiger partial charge in [0.05, 0.1) is 17.6 Å². The third-order valence-electron chi connectivity index (χ3n) is 3.70. The van der Waals surface area contributed by atoms with Crippen LogP contribution < -0.4 is 5.32 Å². The number of hydrogen-bond donors (Lipinski definition) is 1. The van der Waals surface area contributed by atoms with Gasteiger partial charge in [0.15, 0.2) is 0 Å².